The van der Waals surface area contributed by atoms with Crippen molar-refractivity contribution in [1.29, 1.82) is 0 Å². The van der Waals surface area contributed by atoms with Crippen molar-refractivity contribution in [3.63, 3.8) is 0 Å². The summed E-state index contributed by atoms with van der Waals surface area (Å²) in [4.78, 5) is 22.3. The minimum Gasteiger partial charge on any atom is -0.466 e. The van der Waals surface area contributed by atoms with Gasteiger partial charge in [-0.1, -0.05) is 67.4 Å². The Morgan fingerprint density at radius 3 is 2.31 bits per heavy atom. The molecule has 4 aliphatic carbocycles. The fourth-order valence-electron chi connectivity index (χ4n) is 9.94. The summed E-state index contributed by atoms with van der Waals surface area (Å²) in [5.74, 6) is 3.26. The first kappa shape index (κ1) is 26.9. The van der Waals surface area contributed by atoms with Crippen molar-refractivity contribution < 1.29 is 19.4 Å². The van der Waals surface area contributed by atoms with Crippen LogP contribution in [0.5, 0.6) is 0 Å². The molecule has 0 bridgehead atoms. The highest BCUT2D eigenvalue weighted by Gasteiger charge is 2.72. The molecule has 3 saturated carbocycles. The normalized spacial score (nSPS) is 49.6. The highest BCUT2D eigenvalue weighted by molar-refractivity contribution is 5.91. The Hall–Kier alpha value is -1.16. The van der Waals surface area contributed by atoms with Crippen LogP contribution in [-0.4, -0.2) is 29.6 Å². The number of rotatable bonds is 2. The van der Waals surface area contributed by atoms with Crippen LogP contribution in [-0.2, 0) is 14.3 Å². The molecule has 1 N–H and O–H groups in total. The third-order valence-electron chi connectivity index (χ3n) is 12.8. The average molecular weight is 487 g/mol. The highest BCUT2D eigenvalue weighted by atomic mass is 16.5. The Balaban J connectivity index is 0.000000421. The van der Waals surface area contributed by atoms with E-state index in [1.54, 1.807) is 0 Å². The maximum Gasteiger partial charge on any atom is 0.305 e. The summed E-state index contributed by atoms with van der Waals surface area (Å²) in [5.41, 5.74) is 1.62. The van der Waals surface area contributed by atoms with Gasteiger partial charge in [-0.15, -0.1) is 0 Å². The number of fused-ring (bicyclic) bond motifs is 5. The van der Waals surface area contributed by atoms with Crippen LogP contribution in [0.4, 0.5) is 0 Å². The molecule has 0 spiro atoms. The van der Waals surface area contributed by atoms with Gasteiger partial charge in [-0.3, -0.25) is 9.59 Å². The van der Waals surface area contributed by atoms with Gasteiger partial charge in [-0.05, 0) is 84.0 Å². The summed E-state index contributed by atoms with van der Waals surface area (Å²) in [6.07, 6.45) is 9.33. The summed E-state index contributed by atoms with van der Waals surface area (Å²) >= 11 is 0. The fourth-order valence-corrected chi connectivity index (χ4v) is 9.94. The van der Waals surface area contributed by atoms with Crippen LogP contribution in [0.25, 0.3) is 0 Å². The maximum atomic E-state index is 12.3. The first-order valence-electron chi connectivity index (χ1n) is 14.4. The van der Waals surface area contributed by atoms with E-state index in [2.05, 4.69) is 60.1 Å². The van der Waals surface area contributed by atoms with E-state index in [0.29, 0.717) is 54.8 Å². The van der Waals surface area contributed by atoms with E-state index in [1.165, 1.54) is 18.4 Å². The third-order valence-corrected chi connectivity index (χ3v) is 12.8. The Labute approximate surface area is 213 Å². The molecule has 35 heavy (non-hydrogen) atoms. The lowest BCUT2D eigenvalue weighted by Gasteiger charge is -2.68. The zero-order chi connectivity index (χ0) is 26.0. The molecule has 198 valence electrons. The minimum atomic E-state index is -0.295. The Kier molecular flexibility index (Phi) is 6.91. The predicted octanol–water partition coefficient (Wildman–Crippen LogP) is 6.75. The molecule has 1 heterocycles. The zero-order valence-corrected chi connectivity index (χ0v) is 23.6. The molecule has 0 radical (unpaired) electrons. The van der Waals surface area contributed by atoms with E-state index < -0.39 is 0 Å². The topological polar surface area (TPSA) is 63.6 Å². The molecule has 4 fully saturated rings. The van der Waals surface area contributed by atoms with Crippen molar-refractivity contribution in [3.05, 3.63) is 11.6 Å². The first-order chi connectivity index (χ1) is 16.3. The molecular formula is C31H50O4. The van der Waals surface area contributed by atoms with Gasteiger partial charge in [0.15, 0.2) is 5.78 Å². The second-order valence-electron chi connectivity index (χ2n) is 13.7. The molecule has 5 aliphatic rings. The smallest absolute Gasteiger partial charge is 0.305 e. The molecule has 5 rings (SSSR count). The molecule has 1 aliphatic heterocycles. The van der Waals surface area contributed by atoms with Crippen LogP contribution in [0.15, 0.2) is 11.6 Å². The van der Waals surface area contributed by atoms with Gasteiger partial charge < -0.3 is 9.84 Å². The molecule has 10 atom stereocenters. The lowest BCUT2D eigenvalue weighted by Crippen LogP contribution is -2.65. The van der Waals surface area contributed by atoms with Crippen LogP contribution >= 0.6 is 0 Å². The second kappa shape index (κ2) is 8.99. The summed E-state index contributed by atoms with van der Waals surface area (Å²) in [6.45, 7) is 20.1. The summed E-state index contributed by atoms with van der Waals surface area (Å²) < 4.78 is 4.51. The number of carbonyl (C=O) groups is 2. The molecule has 4 nitrogen and oxygen atoms in total. The second-order valence-corrected chi connectivity index (χ2v) is 13.7. The average Bonchev–Trinajstić information content (AvgIpc) is 3.36. The molecule has 0 aromatic carbocycles. The number of hydrogen-bond donors (Lipinski definition) is 1. The van der Waals surface area contributed by atoms with Gasteiger partial charge in [0.05, 0.1) is 12.7 Å². The van der Waals surface area contributed by atoms with Crippen LogP contribution in [0.2, 0.25) is 0 Å². The van der Waals surface area contributed by atoms with Gasteiger partial charge in [-0.2, -0.15) is 0 Å². The molecule has 4 unspecified atom stereocenters. The number of allylic oxidation sites excluding steroid dienone is 1. The van der Waals surface area contributed by atoms with Crippen LogP contribution < -0.4 is 0 Å². The van der Waals surface area contributed by atoms with Crippen LogP contribution in [0, 0.1) is 51.2 Å². The van der Waals surface area contributed by atoms with Crippen LogP contribution in [0.3, 0.4) is 0 Å². The minimum absolute atomic E-state index is 0.0463. The fraction of sp³-hybridized carbons (Fsp3) is 0.871. The predicted molar refractivity (Wildman–Crippen MR) is 140 cm³/mol. The van der Waals surface area contributed by atoms with Crippen LogP contribution in [0.1, 0.15) is 107 Å². The van der Waals surface area contributed by atoms with E-state index in [9.17, 15) is 14.7 Å². The van der Waals surface area contributed by atoms with E-state index in [0.717, 1.165) is 25.7 Å². The summed E-state index contributed by atoms with van der Waals surface area (Å²) in [5, 5.41) is 11.9. The van der Waals surface area contributed by atoms with Crippen molar-refractivity contribution in [3.8, 4) is 0 Å². The van der Waals surface area contributed by atoms with Gasteiger partial charge in [0.1, 0.15) is 0 Å². The van der Waals surface area contributed by atoms with Crippen molar-refractivity contribution >= 4 is 11.8 Å². The van der Waals surface area contributed by atoms with E-state index >= 15 is 0 Å². The van der Waals surface area contributed by atoms with Crippen molar-refractivity contribution in [1.82, 2.24) is 0 Å². The SMILES string of the molecule is CCC(C)[C@@]1(C)C(C)CC2C3C[C@H](C)C4=CC(=O)CC[C@]4(C)[C@@]3(C)[C@@H](O)C[C@@]21C.O=C1CCCO1. The molecule has 0 aromatic heterocycles. The number of esters is 1. The lowest BCUT2D eigenvalue weighted by atomic mass is 9.36. The molecule has 0 amide bonds. The quantitative estimate of drug-likeness (QED) is 0.439. The zero-order valence-electron chi connectivity index (χ0n) is 23.6. The molecule has 0 aromatic rings. The Morgan fingerprint density at radius 1 is 1.09 bits per heavy atom. The summed E-state index contributed by atoms with van der Waals surface area (Å²) in [6, 6.07) is 0. The number of cyclic esters (lactones) is 1. The number of hydrogen-bond acceptors (Lipinski definition) is 4. The molecule has 4 heteroatoms. The number of aliphatic hydroxyl groups is 1. The number of ketones is 1. The number of carbonyl (C=O) groups excluding carboxylic acids is 2. The number of aliphatic hydroxyl groups excluding tert-OH is 1. The van der Waals surface area contributed by atoms with E-state index in [4.69, 9.17) is 0 Å². The Bertz CT molecular complexity index is 884. The van der Waals surface area contributed by atoms with Gasteiger partial charge in [0, 0.05) is 18.3 Å². The Morgan fingerprint density at radius 2 is 1.77 bits per heavy atom. The molecular weight excluding hydrogens is 436 g/mol. The van der Waals surface area contributed by atoms with E-state index in [1.807, 2.05) is 6.08 Å². The van der Waals surface area contributed by atoms with Crippen molar-refractivity contribution in [2.24, 2.45) is 51.2 Å². The van der Waals surface area contributed by atoms with E-state index in [-0.39, 0.29) is 33.7 Å². The maximum absolute atomic E-state index is 12.3. The van der Waals surface area contributed by atoms with Crippen molar-refractivity contribution in [2.75, 3.05) is 6.61 Å². The van der Waals surface area contributed by atoms with Gasteiger partial charge in [-0.25, -0.2) is 0 Å². The monoisotopic (exact) mass is 486 g/mol. The largest absolute Gasteiger partial charge is 0.466 e. The van der Waals surface area contributed by atoms with Gasteiger partial charge in [0.25, 0.3) is 0 Å². The van der Waals surface area contributed by atoms with Gasteiger partial charge >= 0.3 is 5.97 Å². The third kappa shape index (κ3) is 3.62. The first-order valence-corrected chi connectivity index (χ1v) is 14.4. The molecule has 1 saturated heterocycles. The van der Waals surface area contributed by atoms with Gasteiger partial charge in [0.2, 0.25) is 0 Å². The lowest BCUT2D eigenvalue weighted by molar-refractivity contribution is -0.211. The standard InChI is InChI=1S/C27H44O2.C4H6O2/c1-9-17(3)26(7)18(4)13-21-22-12-16(2)20-14-19(28)10-11-24(20,5)27(22,8)23(29)15-25(21,26)6;5-4-2-1-3-6-4/h14,16-18,21-23,29H,9-13,15H2,1-8H3;1-3H2/t16-,17?,18?,21?,22?,23-,24-,25-,26-,27+;/m0./s1. The highest BCUT2D eigenvalue weighted by Crippen LogP contribution is 2.76. The van der Waals surface area contributed by atoms with Crippen molar-refractivity contribution in [2.45, 2.75) is 113 Å². The summed E-state index contributed by atoms with van der Waals surface area (Å²) in [7, 11) is 0. The number of ether oxygens (including phenoxy) is 1.